The average Bonchev–Trinajstić information content (AvgIpc) is 2.88. The summed E-state index contributed by atoms with van der Waals surface area (Å²) < 4.78 is 11.9. The van der Waals surface area contributed by atoms with E-state index < -0.39 is 10.8 Å². The van der Waals surface area contributed by atoms with Gasteiger partial charge < -0.3 is 9.80 Å². The molecular weight excluding hydrogens is 324 g/mol. The molecule has 2 amide bonds. The smallest absolute Gasteiger partial charge is 0.256 e. The molecule has 0 spiro atoms. The first-order chi connectivity index (χ1) is 11.5. The van der Waals surface area contributed by atoms with E-state index in [0.29, 0.717) is 48.8 Å². The van der Waals surface area contributed by atoms with Crippen LogP contribution in [-0.2, 0) is 15.6 Å². The highest BCUT2D eigenvalue weighted by atomic mass is 32.2. The van der Waals surface area contributed by atoms with Crippen LogP contribution in [0.25, 0.3) is 0 Å². The first kappa shape index (κ1) is 17.1. The Labute approximate surface area is 145 Å². The lowest BCUT2D eigenvalue weighted by Gasteiger charge is -2.26. The van der Waals surface area contributed by atoms with Crippen LogP contribution in [-0.4, -0.2) is 52.1 Å². The summed E-state index contributed by atoms with van der Waals surface area (Å²) in [7, 11) is -0.857. The van der Waals surface area contributed by atoms with Crippen LogP contribution in [0, 0.1) is 12.8 Å². The van der Waals surface area contributed by atoms with Gasteiger partial charge >= 0.3 is 0 Å². The van der Waals surface area contributed by atoms with E-state index in [2.05, 4.69) is 0 Å². The highest BCUT2D eigenvalue weighted by Crippen LogP contribution is 2.28. The summed E-state index contributed by atoms with van der Waals surface area (Å²) in [5.41, 5.74) is 2.30. The molecule has 0 aromatic heterocycles. The van der Waals surface area contributed by atoms with Gasteiger partial charge in [0.2, 0.25) is 5.91 Å². The standard InChI is InChI=1S/C18H24N2O3S/c1-13-5-6-16(20-7-3-4-17(20)21)15(10-13)18(22)19-8-9-24(23)12-14(2)11-19/h5-6,10,14H,3-4,7-9,11-12H2,1-2H3/t14-,24-/m1/s1. The molecule has 0 N–H and O–H groups in total. The van der Waals surface area contributed by atoms with Gasteiger partial charge in [-0.15, -0.1) is 0 Å². The van der Waals surface area contributed by atoms with Crippen molar-refractivity contribution in [3.05, 3.63) is 29.3 Å². The molecule has 0 aliphatic carbocycles. The lowest BCUT2D eigenvalue weighted by Crippen LogP contribution is -2.37. The van der Waals surface area contributed by atoms with Crippen LogP contribution in [0.3, 0.4) is 0 Å². The van der Waals surface area contributed by atoms with Crippen molar-refractivity contribution in [1.82, 2.24) is 4.90 Å². The average molecular weight is 348 g/mol. The third-order valence-corrected chi connectivity index (χ3v) is 6.20. The number of hydrogen-bond donors (Lipinski definition) is 0. The van der Waals surface area contributed by atoms with E-state index in [4.69, 9.17) is 0 Å². The summed E-state index contributed by atoms with van der Waals surface area (Å²) in [6.45, 7) is 5.78. The SMILES string of the molecule is Cc1ccc(N2CCCC2=O)c(C(=O)N2CC[S@@](=O)C[C@H](C)C2)c1. The molecule has 24 heavy (non-hydrogen) atoms. The Bertz CT molecular complexity index is 689. The number of carbonyl (C=O) groups is 2. The monoisotopic (exact) mass is 348 g/mol. The van der Waals surface area contributed by atoms with Crippen molar-refractivity contribution < 1.29 is 13.8 Å². The predicted octanol–water partition coefficient (Wildman–Crippen LogP) is 1.96. The minimum Gasteiger partial charge on any atom is -0.337 e. The van der Waals surface area contributed by atoms with Crippen LogP contribution >= 0.6 is 0 Å². The fourth-order valence-corrected chi connectivity index (χ4v) is 4.78. The van der Waals surface area contributed by atoms with E-state index in [0.717, 1.165) is 12.0 Å². The van der Waals surface area contributed by atoms with Crippen molar-refractivity contribution >= 4 is 28.3 Å². The molecule has 6 heteroatoms. The Morgan fingerprint density at radius 1 is 1.29 bits per heavy atom. The largest absolute Gasteiger partial charge is 0.337 e. The number of benzene rings is 1. The number of aryl methyl sites for hydroxylation is 1. The molecular formula is C18H24N2O3S. The first-order valence-corrected chi connectivity index (χ1v) is 10.00. The fraction of sp³-hybridized carbons (Fsp3) is 0.556. The Hall–Kier alpha value is -1.69. The van der Waals surface area contributed by atoms with E-state index in [1.165, 1.54) is 0 Å². The molecule has 2 saturated heterocycles. The molecule has 0 saturated carbocycles. The van der Waals surface area contributed by atoms with Gasteiger partial charge in [-0.2, -0.15) is 0 Å². The van der Waals surface area contributed by atoms with Gasteiger partial charge in [0.25, 0.3) is 5.91 Å². The predicted molar refractivity (Wildman–Crippen MR) is 95.7 cm³/mol. The quantitative estimate of drug-likeness (QED) is 0.821. The van der Waals surface area contributed by atoms with Gasteiger partial charge in [-0.3, -0.25) is 13.8 Å². The van der Waals surface area contributed by atoms with Crippen molar-refractivity contribution in [2.45, 2.75) is 26.7 Å². The number of nitrogens with zero attached hydrogens (tertiary/aromatic N) is 2. The molecule has 2 aliphatic rings. The summed E-state index contributed by atoms with van der Waals surface area (Å²) in [4.78, 5) is 28.8. The third kappa shape index (κ3) is 3.53. The summed E-state index contributed by atoms with van der Waals surface area (Å²) in [6.07, 6.45) is 1.38. The lowest BCUT2D eigenvalue weighted by molar-refractivity contribution is -0.117. The van der Waals surface area contributed by atoms with Gasteiger partial charge in [-0.25, -0.2) is 0 Å². The molecule has 1 aromatic carbocycles. The topological polar surface area (TPSA) is 57.7 Å². The van der Waals surface area contributed by atoms with E-state index in [1.54, 1.807) is 9.80 Å². The van der Waals surface area contributed by atoms with E-state index in [-0.39, 0.29) is 17.7 Å². The molecule has 2 fully saturated rings. The van der Waals surface area contributed by atoms with Crippen molar-refractivity contribution in [3.8, 4) is 0 Å². The number of carbonyl (C=O) groups excluding carboxylic acids is 2. The Morgan fingerprint density at radius 2 is 2.08 bits per heavy atom. The van der Waals surface area contributed by atoms with Crippen molar-refractivity contribution in [2.24, 2.45) is 5.92 Å². The molecule has 0 bridgehead atoms. The molecule has 0 radical (unpaired) electrons. The Morgan fingerprint density at radius 3 is 2.79 bits per heavy atom. The first-order valence-electron chi connectivity index (χ1n) is 8.51. The maximum absolute atomic E-state index is 13.1. The van der Waals surface area contributed by atoms with Crippen molar-refractivity contribution in [1.29, 1.82) is 0 Å². The second-order valence-corrected chi connectivity index (χ2v) is 8.46. The minimum absolute atomic E-state index is 0.0563. The lowest BCUT2D eigenvalue weighted by atomic mass is 10.1. The normalized spacial score (nSPS) is 25.0. The van der Waals surface area contributed by atoms with Gasteiger partial charge in [-0.1, -0.05) is 18.6 Å². The Kier molecular flexibility index (Phi) is 5.04. The van der Waals surface area contributed by atoms with Crippen LogP contribution in [0.5, 0.6) is 0 Å². The molecule has 2 heterocycles. The number of amides is 2. The second-order valence-electron chi connectivity index (χ2n) is 6.84. The van der Waals surface area contributed by atoms with Crippen LogP contribution in [0.2, 0.25) is 0 Å². The van der Waals surface area contributed by atoms with E-state index in [9.17, 15) is 13.8 Å². The highest BCUT2D eigenvalue weighted by Gasteiger charge is 2.29. The maximum atomic E-state index is 13.1. The number of anilines is 1. The van der Waals surface area contributed by atoms with Gasteiger partial charge in [0.15, 0.2) is 0 Å². The molecule has 2 aliphatic heterocycles. The van der Waals surface area contributed by atoms with Gasteiger partial charge in [0, 0.05) is 48.4 Å². The highest BCUT2D eigenvalue weighted by molar-refractivity contribution is 7.85. The molecule has 2 atom stereocenters. The van der Waals surface area contributed by atoms with Crippen molar-refractivity contribution in [2.75, 3.05) is 36.0 Å². The van der Waals surface area contributed by atoms with Gasteiger partial charge in [0.05, 0.1) is 11.3 Å². The molecule has 5 nitrogen and oxygen atoms in total. The number of rotatable bonds is 2. The molecule has 0 unspecified atom stereocenters. The summed E-state index contributed by atoms with van der Waals surface area (Å²) in [5.74, 6) is 1.42. The zero-order valence-corrected chi connectivity index (χ0v) is 15.1. The van der Waals surface area contributed by atoms with Crippen LogP contribution < -0.4 is 4.90 Å². The van der Waals surface area contributed by atoms with E-state index in [1.807, 2.05) is 32.0 Å². The van der Waals surface area contributed by atoms with Crippen LogP contribution in [0.1, 0.15) is 35.7 Å². The fourth-order valence-electron chi connectivity index (χ4n) is 3.45. The molecule has 130 valence electrons. The summed E-state index contributed by atoms with van der Waals surface area (Å²) in [6, 6.07) is 5.69. The summed E-state index contributed by atoms with van der Waals surface area (Å²) in [5, 5.41) is 0. The molecule has 1 aromatic rings. The second kappa shape index (κ2) is 7.05. The van der Waals surface area contributed by atoms with Crippen molar-refractivity contribution in [3.63, 3.8) is 0 Å². The van der Waals surface area contributed by atoms with E-state index >= 15 is 0 Å². The zero-order chi connectivity index (χ0) is 17.3. The van der Waals surface area contributed by atoms with Crippen LogP contribution in [0.15, 0.2) is 18.2 Å². The molecule has 3 rings (SSSR count). The Balaban J connectivity index is 1.92. The maximum Gasteiger partial charge on any atom is 0.256 e. The van der Waals surface area contributed by atoms with Gasteiger partial charge in [-0.05, 0) is 31.4 Å². The zero-order valence-electron chi connectivity index (χ0n) is 14.3. The summed E-state index contributed by atoms with van der Waals surface area (Å²) >= 11 is 0. The number of hydrogen-bond acceptors (Lipinski definition) is 3. The van der Waals surface area contributed by atoms with Crippen LogP contribution in [0.4, 0.5) is 5.69 Å². The minimum atomic E-state index is -0.857. The van der Waals surface area contributed by atoms with Gasteiger partial charge in [0.1, 0.15) is 0 Å². The third-order valence-electron chi connectivity index (χ3n) is 4.63.